The van der Waals surface area contributed by atoms with Gasteiger partial charge >= 0.3 is 0 Å². The van der Waals surface area contributed by atoms with Gasteiger partial charge in [0.25, 0.3) is 5.91 Å². The molecule has 5 atom stereocenters. The lowest BCUT2D eigenvalue weighted by atomic mass is 9.82. The number of fused-ring (bicyclic) bond motifs is 2. The predicted octanol–water partition coefficient (Wildman–Crippen LogP) is 5.12. The van der Waals surface area contributed by atoms with Crippen LogP contribution in [0.25, 0.3) is 0 Å². The molecular formula is C36H47N5O5Si. The fraction of sp³-hybridized carbons (Fsp3) is 0.500. The molecule has 0 aliphatic carbocycles. The van der Waals surface area contributed by atoms with Gasteiger partial charge in [-0.2, -0.15) is 0 Å². The fourth-order valence-corrected chi connectivity index (χ4v) is 10.7. The first kappa shape index (κ1) is 33.3. The van der Waals surface area contributed by atoms with Crippen LogP contribution >= 0.6 is 0 Å². The third-order valence-electron chi connectivity index (χ3n) is 10.4. The number of anilines is 2. The van der Waals surface area contributed by atoms with Gasteiger partial charge in [0.1, 0.15) is 0 Å². The molecule has 2 saturated heterocycles. The minimum absolute atomic E-state index is 0.0887. The van der Waals surface area contributed by atoms with E-state index < -0.39 is 20.0 Å². The van der Waals surface area contributed by atoms with Crippen molar-refractivity contribution in [3.05, 3.63) is 84.2 Å². The van der Waals surface area contributed by atoms with Crippen LogP contribution in [-0.4, -0.2) is 70.8 Å². The second-order valence-electron chi connectivity index (χ2n) is 13.8. The maximum absolute atomic E-state index is 14.5. The molecule has 3 aliphatic heterocycles. The number of ether oxygens (including phenoxy) is 1. The van der Waals surface area contributed by atoms with E-state index in [9.17, 15) is 19.5 Å². The molecule has 3 aliphatic rings. The number of carbonyl (C=O) groups excluding carboxylic acids is 2. The summed E-state index contributed by atoms with van der Waals surface area (Å²) in [5.74, 6) is -0.653. The van der Waals surface area contributed by atoms with Gasteiger partial charge in [-0.05, 0) is 56.1 Å². The van der Waals surface area contributed by atoms with Crippen LogP contribution in [0.4, 0.5) is 11.4 Å². The average Bonchev–Trinajstić information content (AvgIpc) is 3.69. The molecule has 2 aromatic carbocycles. The number of aromatic nitrogens is 3. The van der Waals surface area contributed by atoms with Gasteiger partial charge in [0, 0.05) is 55.0 Å². The zero-order chi connectivity index (χ0) is 33.3. The lowest BCUT2D eigenvalue weighted by molar-refractivity contribution is -0.145. The summed E-state index contributed by atoms with van der Waals surface area (Å²) in [6.07, 6.45) is 8.16. The quantitative estimate of drug-likeness (QED) is 0.229. The van der Waals surface area contributed by atoms with Crippen LogP contribution in [0.2, 0.25) is 18.6 Å². The molecule has 10 nitrogen and oxygen atoms in total. The van der Waals surface area contributed by atoms with Crippen molar-refractivity contribution < 1.29 is 24.2 Å². The van der Waals surface area contributed by atoms with Crippen molar-refractivity contribution in [3.63, 3.8) is 0 Å². The zero-order valence-corrected chi connectivity index (χ0v) is 28.7. The maximum atomic E-state index is 14.5. The Labute approximate surface area is 278 Å². The molecule has 1 unspecified atom stereocenters. The van der Waals surface area contributed by atoms with Crippen LogP contribution < -0.4 is 9.80 Å². The molecular weight excluding hydrogens is 611 g/mol. The molecule has 3 aromatic rings. The smallest absolute Gasteiger partial charge is 0.264 e. The standard InChI is InChI=1S/C36H47N5O5Si/c1-5-19-41-31-17-16-27(40-20-12-7-6-11-15-33(40)43)22-29(31)36(35(41)44)25(2)34(47(3,4)45)32(46-36)18-21-39-23-30(37-38-39)28(24-42)26-13-9-8-10-14-26/h5,8-10,13-14,16-17,22-23,25,28,32,34,42,45H,1,6-7,11-12,15,18-21,24H2,2-4H3/t25-,28?,32+,34-,36+/m0/s1. The van der Waals surface area contributed by atoms with Crippen LogP contribution in [0, 0.1) is 5.92 Å². The number of benzene rings is 2. The normalized spacial score (nSPS) is 25.6. The van der Waals surface area contributed by atoms with E-state index in [2.05, 4.69) is 16.9 Å². The molecule has 2 N–H and O–H groups in total. The molecule has 2 fully saturated rings. The summed E-state index contributed by atoms with van der Waals surface area (Å²) in [6.45, 7) is 11.1. The van der Waals surface area contributed by atoms with Crippen LogP contribution in [0.5, 0.6) is 0 Å². The molecule has 0 radical (unpaired) electrons. The van der Waals surface area contributed by atoms with Crippen molar-refractivity contribution in [2.24, 2.45) is 5.92 Å². The molecule has 1 spiro atoms. The molecule has 1 aromatic heterocycles. The second kappa shape index (κ2) is 13.5. The summed E-state index contributed by atoms with van der Waals surface area (Å²) >= 11 is 0. The van der Waals surface area contributed by atoms with Crippen molar-refractivity contribution in [2.75, 3.05) is 29.5 Å². The average molecular weight is 658 g/mol. The Morgan fingerprint density at radius 3 is 2.62 bits per heavy atom. The van der Waals surface area contributed by atoms with Gasteiger partial charge in [0.05, 0.1) is 30.0 Å². The molecule has 0 saturated carbocycles. The Bertz CT molecular complexity index is 1610. The number of aliphatic hydroxyl groups excluding tert-OH is 1. The summed E-state index contributed by atoms with van der Waals surface area (Å²) < 4.78 is 8.75. The highest BCUT2D eigenvalue weighted by Crippen LogP contribution is 2.60. The topological polar surface area (TPSA) is 121 Å². The highest BCUT2D eigenvalue weighted by molar-refractivity contribution is 6.71. The number of nitrogens with zero attached hydrogens (tertiary/aromatic N) is 5. The SMILES string of the molecule is C=CCN1C(=O)[C@]2(O[C@H](CCn3cc(C(CO)c4ccccc4)nn3)[C@@H]([Si](C)(C)O)[C@@H]2C)c2cc(N3CCCCCCC3=O)ccc21. The molecule has 2 amide bonds. The number of hydrogen-bond donors (Lipinski definition) is 2. The third-order valence-corrected chi connectivity index (χ3v) is 12.9. The largest absolute Gasteiger partial charge is 0.432 e. The van der Waals surface area contributed by atoms with Crippen molar-refractivity contribution in [1.29, 1.82) is 0 Å². The summed E-state index contributed by atoms with van der Waals surface area (Å²) in [6, 6.07) is 15.6. The molecule has 11 heteroatoms. The van der Waals surface area contributed by atoms with Gasteiger partial charge < -0.3 is 24.4 Å². The maximum Gasteiger partial charge on any atom is 0.264 e. The van der Waals surface area contributed by atoms with Crippen molar-refractivity contribution >= 4 is 31.5 Å². The van der Waals surface area contributed by atoms with Crippen LogP contribution in [0.3, 0.4) is 0 Å². The number of carbonyl (C=O) groups is 2. The lowest BCUT2D eigenvalue weighted by Crippen LogP contribution is -2.46. The first-order valence-electron chi connectivity index (χ1n) is 16.9. The first-order chi connectivity index (χ1) is 22.6. The van der Waals surface area contributed by atoms with Gasteiger partial charge in [-0.1, -0.05) is 61.4 Å². The second-order valence-corrected chi connectivity index (χ2v) is 17.8. The van der Waals surface area contributed by atoms with Gasteiger partial charge in [0.2, 0.25) is 5.91 Å². The van der Waals surface area contributed by atoms with Crippen molar-refractivity contribution in [1.82, 2.24) is 15.0 Å². The van der Waals surface area contributed by atoms with Gasteiger partial charge in [-0.3, -0.25) is 14.3 Å². The number of aliphatic hydroxyl groups is 1. The van der Waals surface area contributed by atoms with Crippen LogP contribution in [0.1, 0.15) is 68.2 Å². The Kier molecular flexibility index (Phi) is 9.53. The number of hydrogen-bond acceptors (Lipinski definition) is 7. The van der Waals surface area contributed by atoms with E-state index in [1.54, 1.807) is 15.7 Å². The highest BCUT2D eigenvalue weighted by Gasteiger charge is 2.66. The Hall–Kier alpha value is -3.64. The fourth-order valence-electron chi connectivity index (χ4n) is 8.14. The number of rotatable bonds is 10. The first-order valence-corrected chi connectivity index (χ1v) is 20.0. The third kappa shape index (κ3) is 6.10. The zero-order valence-electron chi connectivity index (χ0n) is 27.7. The molecule has 4 heterocycles. The van der Waals surface area contributed by atoms with Crippen LogP contribution in [-0.2, 0) is 26.5 Å². The summed E-state index contributed by atoms with van der Waals surface area (Å²) in [5, 5.41) is 18.9. The van der Waals surface area contributed by atoms with Crippen molar-refractivity contribution in [3.8, 4) is 0 Å². The van der Waals surface area contributed by atoms with E-state index in [-0.39, 0.29) is 35.8 Å². The summed E-state index contributed by atoms with van der Waals surface area (Å²) in [5.41, 5.74) is 2.40. The van der Waals surface area contributed by atoms with Gasteiger partial charge in [-0.25, -0.2) is 0 Å². The summed E-state index contributed by atoms with van der Waals surface area (Å²) in [4.78, 5) is 43.0. The molecule has 6 rings (SSSR count). The van der Waals surface area contributed by atoms with E-state index in [1.165, 1.54) is 0 Å². The van der Waals surface area contributed by atoms with E-state index >= 15 is 0 Å². The Morgan fingerprint density at radius 2 is 1.89 bits per heavy atom. The monoisotopic (exact) mass is 657 g/mol. The molecule has 0 bridgehead atoms. The van der Waals surface area contributed by atoms with Crippen LogP contribution in [0.15, 0.2) is 67.4 Å². The Balaban J connectivity index is 1.32. The molecule has 47 heavy (non-hydrogen) atoms. The van der Waals surface area contributed by atoms with Gasteiger partial charge in [0.15, 0.2) is 13.9 Å². The van der Waals surface area contributed by atoms with E-state index in [4.69, 9.17) is 4.74 Å². The molecule has 250 valence electrons. The predicted molar refractivity (Wildman–Crippen MR) is 184 cm³/mol. The summed E-state index contributed by atoms with van der Waals surface area (Å²) in [7, 11) is -2.86. The van der Waals surface area contributed by atoms with Crippen molar-refractivity contribution in [2.45, 2.75) is 88.3 Å². The lowest BCUT2D eigenvalue weighted by Gasteiger charge is -2.32. The minimum atomic E-state index is -2.86. The number of aryl methyl sites for hydroxylation is 1. The van der Waals surface area contributed by atoms with E-state index in [0.717, 1.165) is 48.2 Å². The highest BCUT2D eigenvalue weighted by atomic mass is 28.4. The van der Waals surface area contributed by atoms with E-state index in [0.29, 0.717) is 38.2 Å². The van der Waals surface area contributed by atoms with Gasteiger partial charge in [-0.15, -0.1) is 11.7 Å². The number of amides is 2. The van der Waals surface area contributed by atoms with E-state index in [1.807, 2.05) is 79.6 Å². The minimum Gasteiger partial charge on any atom is -0.432 e. The Morgan fingerprint density at radius 1 is 1.13 bits per heavy atom.